The largest absolute Gasteiger partial charge is 0.456 e. The van der Waals surface area contributed by atoms with Gasteiger partial charge in [0.15, 0.2) is 0 Å². The van der Waals surface area contributed by atoms with Crippen LogP contribution in [-0.2, 0) is 0 Å². The lowest BCUT2D eigenvalue weighted by Crippen LogP contribution is -2.38. The van der Waals surface area contributed by atoms with E-state index in [1.807, 2.05) is 6.07 Å². The van der Waals surface area contributed by atoms with E-state index in [1.165, 1.54) is 32.5 Å². The van der Waals surface area contributed by atoms with Crippen molar-refractivity contribution in [3.63, 3.8) is 0 Å². The van der Waals surface area contributed by atoms with Crippen molar-refractivity contribution in [3.8, 4) is 0 Å². The number of hydrogen-bond donors (Lipinski definition) is 0. The van der Waals surface area contributed by atoms with Gasteiger partial charge in [0.2, 0.25) is 0 Å². The summed E-state index contributed by atoms with van der Waals surface area (Å²) in [5.74, 6) is 0.361. The van der Waals surface area contributed by atoms with Gasteiger partial charge in [-0.2, -0.15) is 0 Å². The zero-order chi connectivity index (χ0) is 16.5. The number of fused-ring (bicyclic) bond motifs is 8. The van der Waals surface area contributed by atoms with Crippen molar-refractivity contribution >= 4 is 39.8 Å². The molecule has 25 heavy (non-hydrogen) atoms. The molecule has 3 aromatic carbocycles. The molecule has 1 aliphatic heterocycles. The number of nitrogens with zero attached hydrogens (tertiary/aromatic N) is 1. The average Bonchev–Trinajstić information content (AvgIpc) is 3.16. The fourth-order valence-electron chi connectivity index (χ4n) is 4.64. The third-order valence-corrected chi connectivity index (χ3v) is 5.79. The van der Waals surface area contributed by atoms with Gasteiger partial charge in [-0.3, -0.25) is 0 Å². The Hall–Kier alpha value is -3.00. The number of anilines is 1. The molecule has 0 bridgehead atoms. The van der Waals surface area contributed by atoms with Gasteiger partial charge in [-0.25, -0.2) is 0 Å². The summed E-state index contributed by atoms with van der Waals surface area (Å²) in [6, 6.07) is 21.7. The maximum absolute atomic E-state index is 6.12. The summed E-state index contributed by atoms with van der Waals surface area (Å²) in [5, 5.41) is 5.15. The monoisotopic (exact) mass is 323 g/mol. The van der Waals surface area contributed by atoms with Gasteiger partial charge >= 0.3 is 0 Å². The van der Waals surface area contributed by atoms with Crippen molar-refractivity contribution in [2.75, 3.05) is 11.9 Å². The molecule has 0 spiro atoms. The van der Waals surface area contributed by atoms with E-state index in [2.05, 4.69) is 78.7 Å². The van der Waals surface area contributed by atoms with Crippen LogP contribution in [0, 0.1) is 0 Å². The summed E-state index contributed by atoms with van der Waals surface area (Å²) < 4.78 is 6.12. The van der Waals surface area contributed by atoms with Crippen LogP contribution in [-0.4, -0.2) is 13.1 Å². The molecule has 2 atom stereocenters. The number of rotatable bonds is 0. The van der Waals surface area contributed by atoms with Crippen LogP contribution in [0.1, 0.15) is 11.5 Å². The maximum atomic E-state index is 6.12. The van der Waals surface area contributed by atoms with E-state index in [0.717, 1.165) is 11.2 Å². The quantitative estimate of drug-likeness (QED) is 0.490. The molecule has 0 saturated carbocycles. The van der Waals surface area contributed by atoms with E-state index < -0.39 is 0 Å². The van der Waals surface area contributed by atoms with E-state index in [1.54, 1.807) is 0 Å². The average molecular weight is 323 g/mol. The number of para-hydroxylation sites is 1. The summed E-state index contributed by atoms with van der Waals surface area (Å²) >= 11 is 0. The Balaban J connectivity index is 1.75. The van der Waals surface area contributed by atoms with Crippen molar-refractivity contribution in [3.05, 3.63) is 76.7 Å². The van der Waals surface area contributed by atoms with Gasteiger partial charge in [0, 0.05) is 29.4 Å². The maximum Gasteiger partial charge on any atom is 0.135 e. The molecule has 1 aromatic heterocycles. The highest BCUT2D eigenvalue weighted by molar-refractivity contribution is 6.10. The van der Waals surface area contributed by atoms with Gasteiger partial charge in [-0.05, 0) is 34.2 Å². The van der Waals surface area contributed by atoms with Gasteiger partial charge in [0.05, 0.1) is 6.04 Å². The van der Waals surface area contributed by atoms with Crippen LogP contribution < -0.4 is 15.3 Å². The summed E-state index contributed by atoms with van der Waals surface area (Å²) in [4.78, 5) is 2.41. The third kappa shape index (κ3) is 1.64. The van der Waals surface area contributed by atoms with Crippen LogP contribution in [0.25, 0.3) is 34.1 Å². The van der Waals surface area contributed by atoms with E-state index in [-0.39, 0.29) is 0 Å². The number of furan rings is 1. The van der Waals surface area contributed by atoms with Gasteiger partial charge in [-0.15, -0.1) is 0 Å². The van der Waals surface area contributed by atoms with E-state index >= 15 is 0 Å². The lowest BCUT2D eigenvalue weighted by Gasteiger charge is -2.24. The van der Waals surface area contributed by atoms with Crippen LogP contribution in [0.15, 0.2) is 65.1 Å². The lowest BCUT2D eigenvalue weighted by atomic mass is 9.87. The Labute approximate surface area is 145 Å². The minimum atomic E-state index is 0.361. The molecular formula is C23H17NO. The fourth-order valence-corrected chi connectivity index (χ4v) is 4.64. The zero-order valence-electron chi connectivity index (χ0n) is 13.9. The molecule has 4 aromatic rings. The first-order valence-corrected chi connectivity index (χ1v) is 8.77. The van der Waals surface area contributed by atoms with Gasteiger partial charge in [0.1, 0.15) is 11.2 Å². The SMILES string of the molecule is CN1c2ccc3oc4ccccc4c3c2C2C=c3ccccc3=CC21. The van der Waals surface area contributed by atoms with Gasteiger partial charge in [0.25, 0.3) is 0 Å². The number of hydrogen-bond acceptors (Lipinski definition) is 2. The molecule has 2 aliphatic rings. The Morgan fingerprint density at radius 1 is 0.800 bits per heavy atom. The molecule has 2 heteroatoms. The topological polar surface area (TPSA) is 16.4 Å². The van der Waals surface area contributed by atoms with Crippen LogP contribution in [0.2, 0.25) is 0 Å². The van der Waals surface area contributed by atoms with Crippen LogP contribution in [0.3, 0.4) is 0 Å². The highest BCUT2D eigenvalue weighted by atomic mass is 16.3. The molecule has 2 heterocycles. The van der Waals surface area contributed by atoms with Crippen LogP contribution in [0.5, 0.6) is 0 Å². The summed E-state index contributed by atoms with van der Waals surface area (Å²) in [6.07, 6.45) is 4.84. The van der Waals surface area contributed by atoms with Crippen molar-refractivity contribution in [1.29, 1.82) is 0 Å². The highest BCUT2D eigenvalue weighted by Gasteiger charge is 2.37. The first-order chi connectivity index (χ1) is 12.3. The minimum Gasteiger partial charge on any atom is -0.456 e. The van der Waals surface area contributed by atoms with E-state index in [4.69, 9.17) is 4.42 Å². The van der Waals surface area contributed by atoms with Crippen LogP contribution >= 0.6 is 0 Å². The standard InChI is InChI=1S/C23H17NO/c1-24-18-10-11-21-23(16-8-4-5-9-20(16)25-21)22(18)17-12-14-6-2-3-7-15(14)13-19(17)24/h2-13,17,19H,1H3. The lowest BCUT2D eigenvalue weighted by molar-refractivity contribution is 0.668. The minimum absolute atomic E-state index is 0.361. The first kappa shape index (κ1) is 13.3. The second-order valence-corrected chi connectivity index (χ2v) is 7.06. The van der Waals surface area contributed by atoms with Crippen LogP contribution in [0.4, 0.5) is 5.69 Å². The Kier molecular flexibility index (Phi) is 2.42. The van der Waals surface area contributed by atoms with E-state index in [0.29, 0.717) is 12.0 Å². The second-order valence-electron chi connectivity index (χ2n) is 7.06. The summed E-state index contributed by atoms with van der Waals surface area (Å²) in [7, 11) is 2.20. The van der Waals surface area contributed by atoms with Crippen molar-refractivity contribution in [2.45, 2.75) is 12.0 Å². The number of benzene rings is 3. The zero-order valence-corrected chi connectivity index (χ0v) is 13.9. The van der Waals surface area contributed by atoms with E-state index in [9.17, 15) is 0 Å². The fraction of sp³-hybridized carbons (Fsp3) is 0.130. The molecule has 0 amide bonds. The normalized spacial score (nSPS) is 20.8. The highest BCUT2D eigenvalue weighted by Crippen LogP contribution is 2.48. The molecule has 6 rings (SSSR count). The predicted molar refractivity (Wildman–Crippen MR) is 103 cm³/mol. The van der Waals surface area contributed by atoms with Crippen molar-refractivity contribution < 1.29 is 4.42 Å². The molecule has 2 unspecified atom stereocenters. The molecule has 120 valence electrons. The Morgan fingerprint density at radius 3 is 2.44 bits per heavy atom. The molecule has 0 saturated heterocycles. The molecular weight excluding hydrogens is 306 g/mol. The molecule has 2 nitrogen and oxygen atoms in total. The number of likely N-dealkylation sites (N-methyl/N-ethyl adjacent to an activating group) is 1. The summed E-state index contributed by atoms with van der Waals surface area (Å²) in [5.41, 5.74) is 4.67. The molecule has 0 radical (unpaired) electrons. The Morgan fingerprint density at radius 2 is 1.56 bits per heavy atom. The molecule has 0 fully saturated rings. The first-order valence-electron chi connectivity index (χ1n) is 8.77. The predicted octanol–water partition coefficient (Wildman–Crippen LogP) is 3.76. The van der Waals surface area contributed by atoms with Gasteiger partial charge < -0.3 is 9.32 Å². The second kappa shape index (κ2) is 4.54. The van der Waals surface area contributed by atoms with Crippen molar-refractivity contribution in [1.82, 2.24) is 0 Å². The third-order valence-electron chi connectivity index (χ3n) is 5.79. The molecule has 0 N–H and O–H groups in total. The van der Waals surface area contributed by atoms with Crippen molar-refractivity contribution in [2.24, 2.45) is 0 Å². The molecule has 1 aliphatic carbocycles. The summed E-state index contributed by atoms with van der Waals surface area (Å²) in [6.45, 7) is 0. The smallest absolute Gasteiger partial charge is 0.135 e. The Bertz CT molecular complexity index is 1280. The van der Waals surface area contributed by atoms with Gasteiger partial charge in [-0.1, -0.05) is 54.6 Å².